The summed E-state index contributed by atoms with van der Waals surface area (Å²) in [5, 5.41) is 0.869. The van der Waals surface area contributed by atoms with Crippen LogP contribution in [0.1, 0.15) is 33.1 Å². The quantitative estimate of drug-likeness (QED) is 0.700. The van der Waals surface area contributed by atoms with E-state index in [9.17, 15) is 14.4 Å². The van der Waals surface area contributed by atoms with Crippen LogP contribution in [-0.4, -0.2) is 34.8 Å². The monoisotopic (exact) mass is 269 g/mol. The number of hydroxylamine groups is 2. The molecule has 2 rings (SSSR count). The Morgan fingerprint density at radius 2 is 2.16 bits per heavy atom. The van der Waals surface area contributed by atoms with Crippen molar-refractivity contribution in [2.45, 2.75) is 45.0 Å². The van der Waals surface area contributed by atoms with Crippen molar-refractivity contribution in [2.24, 2.45) is 0 Å². The molecule has 19 heavy (non-hydrogen) atoms. The minimum Gasteiger partial charge on any atom is -0.432 e. The number of hydrogen-bond acceptors (Lipinski definition) is 6. The van der Waals surface area contributed by atoms with Crippen molar-refractivity contribution in [1.29, 1.82) is 0 Å². The summed E-state index contributed by atoms with van der Waals surface area (Å²) in [4.78, 5) is 39.4. The maximum atomic E-state index is 11.7. The molecule has 104 valence electrons. The summed E-state index contributed by atoms with van der Waals surface area (Å²) in [6.45, 7) is 6.76. The molecule has 2 fully saturated rings. The molecule has 7 heteroatoms. The van der Waals surface area contributed by atoms with E-state index < -0.39 is 23.8 Å². The lowest BCUT2D eigenvalue weighted by Gasteiger charge is -2.17. The molecule has 2 saturated heterocycles. The second-order valence-corrected chi connectivity index (χ2v) is 4.85. The van der Waals surface area contributed by atoms with Gasteiger partial charge in [-0.1, -0.05) is 6.58 Å². The van der Waals surface area contributed by atoms with Gasteiger partial charge >= 0.3 is 11.9 Å². The van der Waals surface area contributed by atoms with Crippen molar-refractivity contribution in [3.63, 3.8) is 0 Å². The molecule has 0 aromatic heterocycles. The smallest absolute Gasteiger partial charge is 0.338 e. The number of allylic oxidation sites excluding steroid dienone is 1. The molecule has 0 N–H and O–H groups in total. The number of cyclic esters (lactones) is 1. The highest BCUT2D eigenvalue weighted by Gasteiger charge is 2.43. The second kappa shape index (κ2) is 4.65. The molecule has 1 amide bonds. The molecule has 1 atom stereocenters. The zero-order valence-electron chi connectivity index (χ0n) is 10.8. The Hall–Kier alpha value is -1.89. The molecule has 2 aliphatic rings. The molecule has 0 aliphatic carbocycles. The first-order valence-electron chi connectivity index (χ1n) is 5.91. The van der Waals surface area contributed by atoms with E-state index >= 15 is 0 Å². The normalized spacial score (nSPS) is 25.7. The van der Waals surface area contributed by atoms with Gasteiger partial charge in [0.25, 0.3) is 5.91 Å². The van der Waals surface area contributed by atoms with Gasteiger partial charge in [-0.25, -0.2) is 9.59 Å². The van der Waals surface area contributed by atoms with E-state index in [-0.39, 0.29) is 18.7 Å². The van der Waals surface area contributed by atoms with Gasteiger partial charge in [-0.15, -0.1) is 5.06 Å². The minimum absolute atomic E-state index is 0.265. The fourth-order valence-corrected chi connectivity index (χ4v) is 1.88. The zero-order chi connectivity index (χ0) is 14.2. The number of esters is 1. The third-order valence-corrected chi connectivity index (χ3v) is 2.72. The SMILES string of the molecule is C=C1CCC(=O)N1OC(=O)C[C@@H]1OC(C)(C)OC1=O. The lowest BCUT2D eigenvalue weighted by atomic mass is 10.2. The summed E-state index contributed by atoms with van der Waals surface area (Å²) in [5.41, 5.74) is 0.425. The largest absolute Gasteiger partial charge is 0.432 e. The first kappa shape index (κ1) is 13.5. The number of nitrogens with zero attached hydrogens (tertiary/aromatic N) is 1. The molecule has 0 radical (unpaired) electrons. The molecule has 0 saturated carbocycles. The average Bonchev–Trinajstić information content (AvgIpc) is 2.71. The van der Waals surface area contributed by atoms with E-state index in [0.29, 0.717) is 12.1 Å². The molecular formula is C12H15NO6. The number of carbonyl (C=O) groups is 3. The molecule has 2 aliphatic heterocycles. The van der Waals surface area contributed by atoms with E-state index in [1.165, 1.54) is 0 Å². The maximum absolute atomic E-state index is 11.7. The Kier molecular flexibility index (Phi) is 3.32. The van der Waals surface area contributed by atoms with Crippen molar-refractivity contribution < 1.29 is 28.7 Å². The van der Waals surface area contributed by atoms with Crippen LogP contribution < -0.4 is 0 Å². The highest BCUT2D eigenvalue weighted by molar-refractivity contribution is 5.85. The van der Waals surface area contributed by atoms with Crippen LogP contribution in [0.3, 0.4) is 0 Å². The Balaban J connectivity index is 1.90. The Morgan fingerprint density at radius 1 is 1.47 bits per heavy atom. The summed E-state index contributed by atoms with van der Waals surface area (Å²) in [7, 11) is 0. The van der Waals surface area contributed by atoms with Crippen LogP contribution in [0.15, 0.2) is 12.3 Å². The number of hydrogen-bond donors (Lipinski definition) is 0. The van der Waals surface area contributed by atoms with Crippen LogP contribution in [-0.2, 0) is 28.7 Å². The van der Waals surface area contributed by atoms with E-state index in [1.54, 1.807) is 13.8 Å². The van der Waals surface area contributed by atoms with Gasteiger partial charge in [0, 0.05) is 20.3 Å². The Morgan fingerprint density at radius 3 is 2.63 bits per heavy atom. The Bertz CT molecular complexity index is 439. The molecule has 0 bridgehead atoms. The predicted molar refractivity (Wildman–Crippen MR) is 61.0 cm³/mol. The summed E-state index contributed by atoms with van der Waals surface area (Å²) in [6.07, 6.45) is -0.588. The van der Waals surface area contributed by atoms with Crippen LogP contribution in [0.25, 0.3) is 0 Å². The number of carbonyl (C=O) groups excluding carboxylic acids is 3. The van der Waals surface area contributed by atoms with E-state index in [2.05, 4.69) is 6.58 Å². The molecule has 0 aromatic rings. The topological polar surface area (TPSA) is 82.1 Å². The third kappa shape index (κ3) is 2.93. The zero-order valence-corrected chi connectivity index (χ0v) is 10.8. The molecule has 0 unspecified atom stereocenters. The van der Waals surface area contributed by atoms with Crippen LogP contribution >= 0.6 is 0 Å². The number of amides is 1. The van der Waals surface area contributed by atoms with Gasteiger partial charge in [0.1, 0.15) is 0 Å². The number of ether oxygens (including phenoxy) is 2. The Labute approximate surface area is 110 Å². The van der Waals surface area contributed by atoms with Gasteiger partial charge < -0.3 is 14.3 Å². The van der Waals surface area contributed by atoms with Gasteiger partial charge in [0.15, 0.2) is 6.10 Å². The summed E-state index contributed by atoms with van der Waals surface area (Å²) in [5.74, 6) is -2.73. The van der Waals surface area contributed by atoms with Crippen molar-refractivity contribution in [3.05, 3.63) is 12.3 Å². The van der Waals surface area contributed by atoms with E-state index in [4.69, 9.17) is 14.3 Å². The van der Waals surface area contributed by atoms with Crippen LogP contribution in [0.2, 0.25) is 0 Å². The van der Waals surface area contributed by atoms with E-state index in [0.717, 1.165) is 5.06 Å². The summed E-state index contributed by atoms with van der Waals surface area (Å²) < 4.78 is 10.2. The molecular weight excluding hydrogens is 254 g/mol. The summed E-state index contributed by atoms with van der Waals surface area (Å²) in [6, 6.07) is 0. The third-order valence-electron chi connectivity index (χ3n) is 2.72. The van der Waals surface area contributed by atoms with Crippen molar-refractivity contribution >= 4 is 17.8 Å². The number of rotatable bonds is 3. The minimum atomic E-state index is -1.05. The molecule has 2 heterocycles. The fourth-order valence-electron chi connectivity index (χ4n) is 1.88. The standard InChI is InChI=1S/C12H15NO6/c1-7-4-5-9(14)13(7)19-10(15)6-8-11(16)18-12(2,3)17-8/h8H,1,4-6H2,2-3H3/t8-/m0/s1. The van der Waals surface area contributed by atoms with E-state index in [1.807, 2.05) is 0 Å². The average molecular weight is 269 g/mol. The summed E-state index contributed by atoms with van der Waals surface area (Å²) >= 11 is 0. The molecule has 7 nitrogen and oxygen atoms in total. The van der Waals surface area contributed by atoms with Gasteiger partial charge in [0.05, 0.1) is 12.1 Å². The van der Waals surface area contributed by atoms with Crippen molar-refractivity contribution in [3.8, 4) is 0 Å². The molecule has 0 aromatic carbocycles. The fraction of sp³-hybridized carbons (Fsp3) is 0.583. The van der Waals surface area contributed by atoms with Crippen LogP contribution in [0.5, 0.6) is 0 Å². The second-order valence-electron chi connectivity index (χ2n) is 4.85. The lowest BCUT2D eigenvalue weighted by molar-refractivity contribution is -0.190. The van der Waals surface area contributed by atoms with Gasteiger partial charge in [-0.3, -0.25) is 4.79 Å². The van der Waals surface area contributed by atoms with Crippen molar-refractivity contribution in [2.75, 3.05) is 0 Å². The first-order chi connectivity index (χ1) is 8.78. The van der Waals surface area contributed by atoms with Crippen LogP contribution in [0.4, 0.5) is 0 Å². The highest BCUT2D eigenvalue weighted by Crippen LogP contribution is 2.26. The first-order valence-corrected chi connectivity index (χ1v) is 5.91. The lowest BCUT2D eigenvalue weighted by Crippen LogP contribution is -2.30. The molecule has 0 spiro atoms. The van der Waals surface area contributed by atoms with Gasteiger partial charge in [-0.2, -0.15) is 0 Å². The van der Waals surface area contributed by atoms with Crippen molar-refractivity contribution in [1.82, 2.24) is 5.06 Å². The predicted octanol–water partition coefficient (Wildman–Crippen LogP) is 0.649. The van der Waals surface area contributed by atoms with Gasteiger partial charge in [0.2, 0.25) is 5.79 Å². The van der Waals surface area contributed by atoms with Gasteiger partial charge in [-0.05, 0) is 6.42 Å². The van der Waals surface area contributed by atoms with Crippen LogP contribution in [0, 0.1) is 0 Å². The highest BCUT2D eigenvalue weighted by atomic mass is 16.8. The maximum Gasteiger partial charge on any atom is 0.338 e.